The fourth-order valence-electron chi connectivity index (χ4n) is 1.59. The highest BCUT2D eigenvalue weighted by Crippen LogP contribution is 2.28. The molecule has 0 aromatic heterocycles. The highest BCUT2D eigenvalue weighted by Gasteiger charge is 2.43. The summed E-state index contributed by atoms with van der Waals surface area (Å²) in [5.41, 5.74) is 0. The molecule has 2 fully saturated rings. The van der Waals surface area contributed by atoms with E-state index in [1.165, 1.54) is 0 Å². The summed E-state index contributed by atoms with van der Waals surface area (Å²) in [4.78, 5) is 0. The Bertz CT molecular complexity index is 149. The van der Waals surface area contributed by atoms with E-state index < -0.39 is 12.4 Å². The molecule has 2 saturated heterocycles. The van der Waals surface area contributed by atoms with Gasteiger partial charge < -0.3 is 19.3 Å². The molecule has 0 aliphatic carbocycles. The fourth-order valence-corrected chi connectivity index (χ4v) is 1.59. The first kappa shape index (κ1) is 7.49. The van der Waals surface area contributed by atoms with E-state index in [0.717, 1.165) is 0 Å². The third-order valence-corrected chi connectivity index (χ3v) is 2.24. The number of hydrogen-bond donors (Lipinski definition) is 1. The normalized spacial score (nSPS) is 49.6. The molecule has 2 heterocycles. The first-order chi connectivity index (χ1) is 5.31. The molecule has 0 aromatic rings. The van der Waals surface area contributed by atoms with Crippen molar-refractivity contribution in [2.24, 2.45) is 0 Å². The van der Waals surface area contributed by atoms with Crippen molar-refractivity contribution in [3.05, 3.63) is 0 Å². The van der Waals surface area contributed by atoms with Crippen molar-refractivity contribution in [2.75, 3.05) is 13.7 Å². The van der Waals surface area contributed by atoms with E-state index in [1.54, 1.807) is 7.11 Å². The molecule has 0 spiro atoms. The summed E-state index contributed by atoms with van der Waals surface area (Å²) in [6, 6.07) is 0. The van der Waals surface area contributed by atoms with Crippen molar-refractivity contribution in [1.82, 2.24) is 0 Å². The van der Waals surface area contributed by atoms with Gasteiger partial charge in [-0.25, -0.2) is 0 Å². The second-order valence-corrected chi connectivity index (χ2v) is 2.95. The average Bonchev–Trinajstić information content (AvgIpc) is 2.43. The van der Waals surface area contributed by atoms with Crippen LogP contribution in [0.2, 0.25) is 0 Å². The van der Waals surface area contributed by atoms with Crippen molar-refractivity contribution in [3.63, 3.8) is 0 Å². The van der Waals surface area contributed by atoms with Gasteiger partial charge in [0.15, 0.2) is 6.29 Å². The van der Waals surface area contributed by atoms with Crippen LogP contribution in [-0.2, 0) is 14.2 Å². The third kappa shape index (κ3) is 1.16. The lowest BCUT2D eigenvalue weighted by Gasteiger charge is -2.29. The van der Waals surface area contributed by atoms with Gasteiger partial charge in [-0.05, 0) is 0 Å². The first-order valence-electron chi connectivity index (χ1n) is 3.79. The molecule has 0 saturated carbocycles. The van der Waals surface area contributed by atoms with E-state index in [9.17, 15) is 5.11 Å². The van der Waals surface area contributed by atoms with Crippen molar-refractivity contribution in [3.8, 4) is 0 Å². The van der Waals surface area contributed by atoms with Gasteiger partial charge in [0.25, 0.3) is 0 Å². The molecule has 0 aromatic carbocycles. The van der Waals surface area contributed by atoms with Gasteiger partial charge in [-0.1, -0.05) is 0 Å². The van der Waals surface area contributed by atoms with Crippen molar-refractivity contribution >= 4 is 0 Å². The molecule has 11 heavy (non-hydrogen) atoms. The third-order valence-electron chi connectivity index (χ3n) is 2.24. The van der Waals surface area contributed by atoms with Crippen LogP contribution in [0.3, 0.4) is 0 Å². The maximum absolute atomic E-state index is 9.37. The van der Waals surface area contributed by atoms with Gasteiger partial charge in [-0.15, -0.1) is 0 Å². The molecule has 4 nitrogen and oxygen atoms in total. The minimum atomic E-state index is -0.529. The zero-order chi connectivity index (χ0) is 7.84. The SMILES string of the molecule is CO[C@H]1C[C@@H](O)[C@@H]2OC[C@H]1O2. The lowest BCUT2D eigenvalue weighted by Crippen LogP contribution is -2.42. The molecule has 2 rings (SSSR count). The Morgan fingerprint density at radius 3 is 3.09 bits per heavy atom. The first-order valence-corrected chi connectivity index (χ1v) is 3.79. The van der Waals surface area contributed by atoms with Crippen LogP contribution in [0.1, 0.15) is 6.42 Å². The lowest BCUT2D eigenvalue weighted by atomic mass is 10.1. The Morgan fingerprint density at radius 2 is 2.36 bits per heavy atom. The van der Waals surface area contributed by atoms with Gasteiger partial charge in [0.05, 0.1) is 12.7 Å². The Hall–Kier alpha value is -0.160. The number of rotatable bonds is 1. The van der Waals surface area contributed by atoms with Crippen molar-refractivity contribution < 1.29 is 19.3 Å². The molecule has 4 heteroatoms. The molecule has 2 aliphatic rings. The Kier molecular flexibility index (Phi) is 1.85. The lowest BCUT2D eigenvalue weighted by molar-refractivity contribution is -0.186. The Morgan fingerprint density at radius 1 is 1.55 bits per heavy atom. The Labute approximate surface area is 65.1 Å². The molecule has 64 valence electrons. The van der Waals surface area contributed by atoms with E-state index >= 15 is 0 Å². The smallest absolute Gasteiger partial charge is 0.184 e. The highest BCUT2D eigenvalue weighted by molar-refractivity contribution is 4.86. The summed E-state index contributed by atoms with van der Waals surface area (Å²) in [6.45, 7) is 0.542. The molecule has 1 N–H and O–H groups in total. The van der Waals surface area contributed by atoms with E-state index in [-0.39, 0.29) is 12.2 Å². The van der Waals surface area contributed by atoms with Crippen molar-refractivity contribution in [2.45, 2.75) is 31.0 Å². The molecule has 0 amide bonds. The number of fused-ring (bicyclic) bond motifs is 2. The van der Waals surface area contributed by atoms with Crippen LogP contribution in [0, 0.1) is 0 Å². The molecule has 4 atom stereocenters. The van der Waals surface area contributed by atoms with Gasteiger partial charge in [0, 0.05) is 13.5 Å². The van der Waals surface area contributed by atoms with Crippen LogP contribution in [-0.4, -0.2) is 43.4 Å². The minimum absolute atomic E-state index is 0.0104. The standard InChI is InChI=1S/C7H12O4/c1-9-5-2-4(8)7-10-3-6(5)11-7/h4-8H,2-3H2,1H3/t4-,5+,6-,7-/m1/s1. The van der Waals surface area contributed by atoms with Crippen LogP contribution < -0.4 is 0 Å². The van der Waals surface area contributed by atoms with Crippen LogP contribution >= 0.6 is 0 Å². The quantitative estimate of drug-likeness (QED) is 0.562. The van der Waals surface area contributed by atoms with Gasteiger partial charge in [0.2, 0.25) is 0 Å². The zero-order valence-electron chi connectivity index (χ0n) is 6.40. The predicted molar refractivity (Wildman–Crippen MR) is 36.0 cm³/mol. The molecule has 2 bridgehead atoms. The molecular weight excluding hydrogens is 148 g/mol. The van der Waals surface area contributed by atoms with Crippen LogP contribution in [0.5, 0.6) is 0 Å². The van der Waals surface area contributed by atoms with Gasteiger partial charge in [0.1, 0.15) is 12.2 Å². The maximum Gasteiger partial charge on any atom is 0.184 e. The fraction of sp³-hybridized carbons (Fsp3) is 1.00. The van der Waals surface area contributed by atoms with Gasteiger partial charge in [-0.3, -0.25) is 0 Å². The summed E-state index contributed by atoms with van der Waals surface area (Å²) in [5.74, 6) is 0. The van der Waals surface area contributed by atoms with Gasteiger partial charge >= 0.3 is 0 Å². The summed E-state index contributed by atoms with van der Waals surface area (Å²) in [7, 11) is 1.62. The van der Waals surface area contributed by atoms with Crippen LogP contribution in [0.25, 0.3) is 0 Å². The maximum atomic E-state index is 9.37. The Balaban J connectivity index is 2.05. The largest absolute Gasteiger partial charge is 0.388 e. The minimum Gasteiger partial charge on any atom is -0.388 e. The zero-order valence-corrected chi connectivity index (χ0v) is 6.40. The number of hydrogen-bond acceptors (Lipinski definition) is 4. The number of methoxy groups -OCH3 is 1. The molecule has 2 aliphatic heterocycles. The molecule has 0 unspecified atom stereocenters. The molecular formula is C7H12O4. The average molecular weight is 160 g/mol. The predicted octanol–water partition coefficient (Wildman–Crippen LogP) is -0.493. The monoisotopic (exact) mass is 160 g/mol. The van der Waals surface area contributed by atoms with E-state index in [2.05, 4.69) is 0 Å². The van der Waals surface area contributed by atoms with E-state index in [1.807, 2.05) is 0 Å². The highest BCUT2D eigenvalue weighted by atomic mass is 16.7. The van der Waals surface area contributed by atoms with E-state index in [4.69, 9.17) is 14.2 Å². The second kappa shape index (κ2) is 2.71. The summed E-state index contributed by atoms with van der Waals surface area (Å²) in [5, 5.41) is 9.37. The van der Waals surface area contributed by atoms with Crippen molar-refractivity contribution in [1.29, 1.82) is 0 Å². The van der Waals surface area contributed by atoms with Gasteiger partial charge in [-0.2, -0.15) is 0 Å². The number of ether oxygens (including phenoxy) is 3. The number of aliphatic hydroxyl groups excluding tert-OH is 1. The summed E-state index contributed by atoms with van der Waals surface area (Å²) < 4.78 is 15.6. The van der Waals surface area contributed by atoms with Crippen LogP contribution in [0.4, 0.5) is 0 Å². The molecule has 0 radical (unpaired) electrons. The topological polar surface area (TPSA) is 47.9 Å². The summed E-state index contributed by atoms with van der Waals surface area (Å²) >= 11 is 0. The number of aliphatic hydroxyl groups is 1. The van der Waals surface area contributed by atoms with Crippen LogP contribution in [0.15, 0.2) is 0 Å². The summed E-state index contributed by atoms with van der Waals surface area (Å²) in [6.07, 6.45) is -0.312. The second-order valence-electron chi connectivity index (χ2n) is 2.95. The van der Waals surface area contributed by atoms with E-state index in [0.29, 0.717) is 13.0 Å².